The molecule has 0 aliphatic carbocycles. The van der Waals surface area contributed by atoms with Gasteiger partial charge in [-0.3, -0.25) is 0 Å². The first-order valence-electron chi connectivity index (χ1n) is 6.64. The molecule has 1 aromatic rings. The Morgan fingerprint density at radius 1 is 1.28 bits per heavy atom. The van der Waals surface area contributed by atoms with Crippen LogP contribution < -0.4 is 10.6 Å². The Morgan fingerprint density at radius 2 is 1.94 bits per heavy atom. The molecule has 0 radical (unpaired) electrons. The lowest BCUT2D eigenvalue weighted by atomic mass is 10.1. The molecule has 1 heterocycles. The molecular weight excluding hydrogens is 229 g/mol. The number of halogens is 1. The van der Waals surface area contributed by atoms with Crippen LogP contribution >= 0.6 is 0 Å². The standard InChI is InChI=1S/C14H22FN3/c1-3-17-6-8-18(9-7-17)14-5-4-12(11(2)16)10-13(14)15/h4-5,10-11H,3,6-9,16H2,1-2H3. The van der Waals surface area contributed by atoms with Crippen LogP contribution in [0.5, 0.6) is 0 Å². The summed E-state index contributed by atoms with van der Waals surface area (Å²) >= 11 is 0. The van der Waals surface area contributed by atoms with E-state index in [2.05, 4.69) is 16.7 Å². The van der Waals surface area contributed by atoms with E-state index in [9.17, 15) is 4.39 Å². The fourth-order valence-electron chi connectivity index (χ4n) is 2.37. The molecule has 0 saturated carbocycles. The highest BCUT2D eigenvalue weighted by molar-refractivity contribution is 5.50. The van der Waals surface area contributed by atoms with E-state index in [-0.39, 0.29) is 11.9 Å². The average molecular weight is 251 g/mol. The van der Waals surface area contributed by atoms with Gasteiger partial charge in [-0.25, -0.2) is 4.39 Å². The zero-order valence-corrected chi connectivity index (χ0v) is 11.2. The number of benzene rings is 1. The lowest BCUT2D eigenvalue weighted by molar-refractivity contribution is 0.270. The molecular formula is C14H22FN3. The summed E-state index contributed by atoms with van der Waals surface area (Å²) in [5, 5.41) is 0. The zero-order chi connectivity index (χ0) is 13.1. The van der Waals surface area contributed by atoms with Gasteiger partial charge in [0.15, 0.2) is 0 Å². The molecule has 3 nitrogen and oxygen atoms in total. The van der Waals surface area contributed by atoms with Crippen LogP contribution in [0.25, 0.3) is 0 Å². The highest BCUT2D eigenvalue weighted by atomic mass is 19.1. The number of likely N-dealkylation sites (N-methyl/N-ethyl adjacent to an activating group) is 1. The maximum Gasteiger partial charge on any atom is 0.146 e. The number of hydrogen-bond acceptors (Lipinski definition) is 3. The van der Waals surface area contributed by atoms with E-state index in [1.807, 2.05) is 19.1 Å². The Morgan fingerprint density at radius 3 is 2.44 bits per heavy atom. The second kappa shape index (κ2) is 5.67. The van der Waals surface area contributed by atoms with Crippen molar-refractivity contribution >= 4 is 5.69 Å². The lowest BCUT2D eigenvalue weighted by Gasteiger charge is -2.35. The molecule has 2 rings (SSSR count). The van der Waals surface area contributed by atoms with Crippen LogP contribution in [0.1, 0.15) is 25.5 Å². The first-order valence-corrected chi connectivity index (χ1v) is 6.64. The number of hydrogen-bond donors (Lipinski definition) is 1. The normalized spacial score (nSPS) is 19.0. The molecule has 2 N–H and O–H groups in total. The third-order valence-electron chi connectivity index (χ3n) is 3.66. The third kappa shape index (κ3) is 2.82. The third-order valence-corrected chi connectivity index (χ3v) is 3.66. The monoisotopic (exact) mass is 251 g/mol. The molecule has 0 amide bonds. The van der Waals surface area contributed by atoms with E-state index in [1.54, 1.807) is 6.07 Å². The molecule has 1 unspecified atom stereocenters. The SMILES string of the molecule is CCN1CCN(c2ccc(C(C)N)cc2F)CC1. The van der Waals surface area contributed by atoms with Crippen LogP contribution in [-0.2, 0) is 0 Å². The summed E-state index contributed by atoms with van der Waals surface area (Å²) in [6.07, 6.45) is 0. The lowest BCUT2D eigenvalue weighted by Crippen LogP contribution is -2.46. The van der Waals surface area contributed by atoms with Crippen molar-refractivity contribution in [1.82, 2.24) is 4.90 Å². The Balaban J connectivity index is 2.10. The van der Waals surface area contributed by atoms with Gasteiger partial charge in [-0.15, -0.1) is 0 Å². The summed E-state index contributed by atoms with van der Waals surface area (Å²) < 4.78 is 14.1. The Hall–Kier alpha value is -1.13. The molecule has 18 heavy (non-hydrogen) atoms. The van der Waals surface area contributed by atoms with Crippen molar-refractivity contribution in [2.45, 2.75) is 19.9 Å². The fourth-order valence-corrected chi connectivity index (χ4v) is 2.37. The second-order valence-electron chi connectivity index (χ2n) is 4.92. The highest BCUT2D eigenvalue weighted by Gasteiger charge is 2.18. The summed E-state index contributed by atoms with van der Waals surface area (Å²) in [5.74, 6) is -0.158. The van der Waals surface area contributed by atoms with Gasteiger partial charge in [-0.05, 0) is 31.2 Å². The van der Waals surface area contributed by atoms with Crippen molar-refractivity contribution in [2.75, 3.05) is 37.6 Å². The van der Waals surface area contributed by atoms with Gasteiger partial charge in [0, 0.05) is 32.2 Å². The molecule has 0 spiro atoms. The number of anilines is 1. The van der Waals surface area contributed by atoms with Gasteiger partial charge >= 0.3 is 0 Å². The van der Waals surface area contributed by atoms with Gasteiger partial charge in [0.05, 0.1) is 5.69 Å². The van der Waals surface area contributed by atoms with Crippen LogP contribution in [0.4, 0.5) is 10.1 Å². The van der Waals surface area contributed by atoms with Crippen molar-refractivity contribution in [3.05, 3.63) is 29.6 Å². The molecule has 0 bridgehead atoms. The molecule has 1 fully saturated rings. The van der Waals surface area contributed by atoms with Crippen molar-refractivity contribution < 1.29 is 4.39 Å². The second-order valence-corrected chi connectivity index (χ2v) is 4.92. The van der Waals surface area contributed by atoms with E-state index in [1.165, 1.54) is 0 Å². The molecule has 1 atom stereocenters. The first kappa shape index (κ1) is 13.3. The van der Waals surface area contributed by atoms with Crippen molar-refractivity contribution in [3.63, 3.8) is 0 Å². The van der Waals surface area contributed by atoms with E-state index < -0.39 is 0 Å². The van der Waals surface area contributed by atoms with Gasteiger partial charge in [0.25, 0.3) is 0 Å². The molecule has 1 aromatic carbocycles. The minimum atomic E-state index is -0.158. The van der Waals surface area contributed by atoms with E-state index >= 15 is 0 Å². The predicted octanol–water partition coefficient (Wildman–Crippen LogP) is 1.99. The highest BCUT2D eigenvalue weighted by Crippen LogP contribution is 2.23. The Kier molecular flexibility index (Phi) is 4.19. The zero-order valence-electron chi connectivity index (χ0n) is 11.2. The summed E-state index contributed by atoms with van der Waals surface area (Å²) in [5.41, 5.74) is 7.31. The van der Waals surface area contributed by atoms with Crippen molar-refractivity contribution in [1.29, 1.82) is 0 Å². The Bertz CT molecular complexity index is 398. The molecule has 1 aliphatic rings. The summed E-state index contributed by atoms with van der Waals surface area (Å²) in [7, 11) is 0. The molecule has 1 saturated heterocycles. The maximum atomic E-state index is 14.1. The quantitative estimate of drug-likeness (QED) is 0.891. The van der Waals surface area contributed by atoms with Gasteiger partial charge < -0.3 is 15.5 Å². The van der Waals surface area contributed by atoms with Crippen molar-refractivity contribution in [2.24, 2.45) is 5.73 Å². The van der Waals surface area contributed by atoms with Crippen LogP contribution in [0.2, 0.25) is 0 Å². The van der Waals surface area contributed by atoms with Crippen LogP contribution in [0.15, 0.2) is 18.2 Å². The molecule has 4 heteroatoms. The van der Waals surface area contributed by atoms with Gasteiger partial charge in [0.2, 0.25) is 0 Å². The van der Waals surface area contributed by atoms with Crippen LogP contribution in [0.3, 0.4) is 0 Å². The fraction of sp³-hybridized carbons (Fsp3) is 0.571. The summed E-state index contributed by atoms with van der Waals surface area (Å²) in [4.78, 5) is 4.50. The van der Waals surface area contributed by atoms with Crippen molar-refractivity contribution in [3.8, 4) is 0 Å². The number of rotatable bonds is 3. The van der Waals surface area contributed by atoms with Crippen LogP contribution in [-0.4, -0.2) is 37.6 Å². The smallest absolute Gasteiger partial charge is 0.146 e. The largest absolute Gasteiger partial charge is 0.367 e. The predicted molar refractivity (Wildman–Crippen MR) is 73.3 cm³/mol. The maximum absolute atomic E-state index is 14.1. The Labute approximate surface area is 108 Å². The van der Waals surface area contributed by atoms with Gasteiger partial charge in [-0.1, -0.05) is 13.0 Å². The van der Waals surface area contributed by atoms with Gasteiger partial charge in [-0.2, -0.15) is 0 Å². The van der Waals surface area contributed by atoms with Gasteiger partial charge in [0.1, 0.15) is 5.82 Å². The first-order chi connectivity index (χ1) is 8.61. The minimum Gasteiger partial charge on any atom is -0.367 e. The van der Waals surface area contributed by atoms with Crippen LogP contribution in [0, 0.1) is 5.82 Å². The number of piperazine rings is 1. The summed E-state index contributed by atoms with van der Waals surface area (Å²) in [6, 6.07) is 5.22. The van der Waals surface area contributed by atoms with E-state index in [4.69, 9.17) is 5.73 Å². The topological polar surface area (TPSA) is 32.5 Å². The number of nitrogens with two attached hydrogens (primary N) is 1. The molecule has 100 valence electrons. The molecule has 0 aromatic heterocycles. The minimum absolute atomic E-state index is 0.120. The summed E-state index contributed by atoms with van der Waals surface area (Å²) in [6.45, 7) is 8.89. The van der Waals surface area contributed by atoms with E-state index in [0.717, 1.165) is 38.3 Å². The average Bonchev–Trinajstić information content (AvgIpc) is 2.38. The number of nitrogens with zero attached hydrogens (tertiary/aromatic N) is 2. The van der Waals surface area contributed by atoms with E-state index in [0.29, 0.717) is 5.69 Å². The molecule has 1 aliphatic heterocycles.